The van der Waals surface area contributed by atoms with Crippen molar-refractivity contribution in [1.29, 1.82) is 0 Å². The summed E-state index contributed by atoms with van der Waals surface area (Å²) < 4.78 is 5.58. The Hall–Kier alpha value is -3.02. The molecule has 1 aliphatic rings. The quantitative estimate of drug-likeness (QED) is 0.797. The van der Waals surface area contributed by atoms with Crippen LogP contribution in [0.4, 0.5) is 17.1 Å². The second kappa shape index (κ2) is 8.78. The monoisotopic (exact) mass is 381 g/mol. The largest absolute Gasteiger partial charge is 0.494 e. The van der Waals surface area contributed by atoms with Crippen molar-refractivity contribution >= 4 is 28.9 Å². The topological polar surface area (TPSA) is 61.9 Å². The molecule has 1 heterocycles. The Labute approximate surface area is 166 Å². The Bertz CT molecular complexity index is 816. The van der Waals surface area contributed by atoms with Crippen LogP contribution in [0.5, 0.6) is 5.75 Å². The van der Waals surface area contributed by atoms with E-state index in [4.69, 9.17) is 4.74 Å². The number of nitrogens with zero attached hydrogens (tertiary/aromatic N) is 2. The van der Waals surface area contributed by atoms with E-state index in [1.807, 2.05) is 67.5 Å². The maximum atomic E-state index is 12.6. The molecular formula is C22H27N3O3. The molecule has 1 aliphatic heterocycles. The maximum Gasteiger partial charge on any atom is 0.229 e. The van der Waals surface area contributed by atoms with Gasteiger partial charge in [-0.15, -0.1) is 0 Å². The Balaban J connectivity index is 1.60. The summed E-state index contributed by atoms with van der Waals surface area (Å²) >= 11 is 0. The van der Waals surface area contributed by atoms with Crippen LogP contribution in [-0.2, 0) is 9.59 Å². The van der Waals surface area contributed by atoms with Gasteiger partial charge in [0, 0.05) is 44.1 Å². The van der Waals surface area contributed by atoms with Gasteiger partial charge in [0.25, 0.3) is 0 Å². The summed E-state index contributed by atoms with van der Waals surface area (Å²) in [6, 6.07) is 15.1. The third-order valence-corrected chi connectivity index (χ3v) is 4.77. The minimum Gasteiger partial charge on any atom is -0.494 e. The molecule has 0 unspecified atom stereocenters. The second-order valence-electron chi connectivity index (χ2n) is 7.18. The van der Waals surface area contributed by atoms with Gasteiger partial charge in [0.15, 0.2) is 0 Å². The number of carbonyl (C=O) groups is 2. The Kier molecular flexibility index (Phi) is 6.19. The summed E-state index contributed by atoms with van der Waals surface area (Å²) in [5, 5.41) is 2.92. The molecule has 2 amide bonds. The van der Waals surface area contributed by atoms with E-state index in [0.29, 0.717) is 13.2 Å². The van der Waals surface area contributed by atoms with Gasteiger partial charge in [-0.3, -0.25) is 9.59 Å². The molecule has 3 rings (SSSR count). The number of anilines is 3. The van der Waals surface area contributed by atoms with Gasteiger partial charge < -0.3 is 19.9 Å². The van der Waals surface area contributed by atoms with Gasteiger partial charge in [0.2, 0.25) is 11.8 Å². The minimum absolute atomic E-state index is 0.0367. The molecule has 0 saturated carbocycles. The fourth-order valence-electron chi connectivity index (χ4n) is 3.16. The van der Waals surface area contributed by atoms with E-state index in [1.165, 1.54) is 0 Å². The molecule has 6 nitrogen and oxygen atoms in total. The van der Waals surface area contributed by atoms with Crippen molar-refractivity contribution in [3.8, 4) is 5.75 Å². The van der Waals surface area contributed by atoms with Crippen molar-refractivity contribution < 1.29 is 14.3 Å². The lowest BCUT2D eigenvalue weighted by Crippen LogP contribution is -2.28. The third-order valence-electron chi connectivity index (χ3n) is 4.77. The normalized spacial score (nSPS) is 16.2. The zero-order valence-corrected chi connectivity index (χ0v) is 16.6. The highest BCUT2D eigenvalue weighted by Crippen LogP contribution is 2.28. The predicted octanol–water partition coefficient (Wildman–Crippen LogP) is 3.53. The van der Waals surface area contributed by atoms with E-state index in [0.717, 1.165) is 29.2 Å². The third kappa shape index (κ3) is 4.63. The molecule has 148 valence electrons. The highest BCUT2D eigenvalue weighted by Gasteiger charge is 2.35. The van der Waals surface area contributed by atoms with Gasteiger partial charge in [0.05, 0.1) is 12.5 Å². The van der Waals surface area contributed by atoms with Crippen molar-refractivity contribution in [2.24, 2.45) is 5.92 Å². The molecule has 0 radical (unpaired) electrons. The highest BCUT2D eigenvalue weighted by atomic mass is 16.5. The zero-order chi connectivity index (χ0) is 20.1. The summed E-state index contributed by atoms with van der Waals surface area (Å²) in [7, 11) is 3.93. The van der Waals surface area contributed by atoms with E-state index in [1.54, 1.807) is 4.90 Å². The Morgan fingerprint density at radius 3 is 2.43 bits per heavy atom. The van der Waals surface area contributed by atoms with Crippen LogP contribution in [0.3, 0.4) is 0 Å². The summed E-state index contributed by atoms with van der Waals surface area (Å²) in [5.41, 5.74) is 2.59. The van der Waals surface area contributed by atoms with E-state index < -0.39 is 0 Å². The van der Waals surface area contributed by atoms with Crippen molar-refractivity contribution in [1.82, 2.24) is 0 Å². The Morgan fingerprint density at radius 1 is 1.14 bits per heavy atom. The molecule has 0 bridgehead atoms. The van der Waals surface area contributed by atoms with E-state index in [9.17, 15) is 9.59 Å². The molecule has 0 aromatic heterocycles. The van der Waals surface area contributed by atoms with Crippen LogP contribution in [0.15, 0.2) is 48.5 Å². The van der Waals surface area contributed by atoms with Gasteiger partial charge in [-0.05, 0) is 55.0 Å². The Morgan fingerprint density at radius 2 is 1.82 bits per heavy atom. The summed E-state index contributed by atoms with van der Waals surface area (Å²) in [5.74, 6) is 0.256. The SMILES string of the molecule is CCCOc1ccc(N2C[C@H](C(=O)Nc3ccc(N(C)C)cc3)CC2=O)cc1. The van der Waals surface area contributed by atoms with Crippen molar-refractivity contribution in [2.75, 3.05) is 42.4 Å². The molecule has 1 N–H and O–H groups in total. The first kappa shape index (κ1) is 19.7. The lowest BCUT2D eigenvalue weighted by molar-refractivity contribution is -0.122. The number of ether oxygens (including phenoxy) is 1. The number of amides is 2. The minimum atomic E-state index is -0.364. The van der Waals surface area contributed by atoms with Crippen molar-refractivity contribution in [3.05, 3.63) is 48.5 Å². The van der Waals surface area contributed by atoms with E-state index in [-0.39, 0.29) is 24.2 Å². The molecule has 0 spiro atoms. The smallest absolute Gasteiger partial charge is 0.229 e. The van der Waals surface area contributed by atoms with Crippen LogP contribution in [-0.4, -0.2) is 39.1 Å². The van der Waals surface area contributed by atoms with Crippen LogP contribution in [0, 0.1) is 5.92 Å². The van der Waals surface area contributed by atoms with Crippen LogP contribution in [0.25, 0.3) is 0 Å². The second-order valence-corrected chi connectivity index (χ2v) is 7.18. The number of rotatable bonds is 7. The summed E-state index contributed by atoms with van der Waals surface area (Å²) in [6.45, 7) is 3.11. The van der Waals surface area contributed by atoms with E-state index in [2.05, 4.69) is 12.2 Å². The fourth-order valence-corrected chi connectivity index (χ4v) is 3.16. The zero-order valence-electron chi connectivity index (χ0n) is 16.6. The average Bonchev–Trinajstić information content (AvgIpc) is 3.09. The first-order valence-electron chi connectivity index (χ1n) is 9.59. The number of carbonyl (C=O) groups excluding carboxylic acids is 2. The fraction of sp³-hybridized carbons (Fsp3) is 0.364. The van der Waals surface area contributed by atoms with Crippen LogP contribution in [0.1, 0.15) is 19.8 Å². The maximum absolute atomic E-state index is 12.6. The number of nitrogens with one attached hydrogen (secondary N) is 1. The molecule has 1 atom stereocenters. The molecule has 2 aromatic carbocycles. The standard InChI is InChI=1S/C22H27N3O3/c1-4-13-28-20-11-9-19(10-12-20)25-15-16(14-21(25)26)22(27)23-17-5-7-18(8-6-17)24(2)3/h5-12,16H,4,13-15H2,1-3H3,(H,23,27)/t16-/m1/s1. The molecule has 0 aliphatic carbocycles. The van der Waals surface area contributed by atoms with Gasteiger partial charge >= 0.3 is 0 Å². The van der Waals surface area contributed by atoms with Crippen LogP contribution >= 0.6 is 0 Å². The predicted molar refractivity (Wildman–Crippen MR) is 112 cm³/mol. The van der Waals surface area contributed by atoms with Crippen LogP contribution in [0.2, 0.25) is 0 Å². The lowest BCUT2D eigenvalue weighted by Gasteiger charge is -2.17. The van der Waals surface area contributed by atoms with Gasteiger partial charge in [-0.1, -0.05) is 6.92 Å². The molecule has 28 heavy (non-hydrogen) atoms. The van der Waals surface area contributed by atoms with Crippen molar-refractivity contribution in [2.45, 2.75) is 19.8 Å². The number of benzene rings is 2. The molecule has 6 heteroatoms. The molecule has 2 aromatic rings. The highest BCUT2D eigenvalue weighted by molar-refractivity contribution is 6.03. The van der Waals surface area contributed by atoms with Gasteiger partial charge in [-0.25, -0.2) is 0 Å². The summed E-state index contributed by atoms with van der Waals surface area (Å²) in [6.07, 6.45) is 1.16. The van der Waals surface area contributed by atoms with E-state index >= 15 is 0 Å². The number of hydrogen-bond acceptors (Lipinski definition) is 4. The van der Waals surface area contributed by atoms with Crippen molar-refractivity contribution in [3.63, 3.8) is 0 Å². The lowest BCUT2D eigenvalue weighted by atomic mass is 10.1. The molecule has 1 saturated heterocycles. The molecule has 1 fully saturated rings. The van der Waals surface area contributed by atoms with Gasteiger partial charge in [-0.2, -0.15) is 0 Å². The first-order chi connectivity index (χ1) is 13.5. The van der Waals surface area contributed by atoms with Gasteiger partial charge in [0.1, 0.15) is 5.75 Å². The number of hydrogen-bond donors (Lipinski definition) is 1. The molecular weight excluding hydrogens is 354 g/mol. The van der Waals surface area contributed by atoms with Crippen LogP contribution < -0.4 is 19.9 Å². The average molecular weight is 381 g/mol. The first-order valence-corrected chi connectivity index (χ1v) is 9.59. The summed E-state index contributed by atoms with van der Waals surface area (Å²) in [4.78, 5) is 28.7.